The van der Waals surface area contributed by atoms with Crippen LogP contribution in [0.4, 0.5) is 0 Å². The molecule has 2 heteroatoms. The Morgan fingerprint density at radius 3 is 2.85 bits per heavy atom. The summed E-state index contributed by atoms with van der Waals surface area (Å²) in [4.78, 5) is 11.4. The first-order valence-corrected chi connectivity index (χ1v) is 4.62. The monoisotopic (exact) mass is 176 g/mol. The van der Waals surface area contributed by atoms with E-state index >= 15 is 0 Å². The lowest BCUT2D eigenvalue weighted by Gasteiger charge is -2.13. The molecule has 2 aliphatic carbocycles. The normalized spacial score (nSPS) is 34.1. The van der Waals surface area contributed by atoms with Gasteiger partial charge in [-0.05, 0) is 24.7 Å². The Bertz CT molecular complexity index is 306. The minimum absolute atomic E-state index is 0.0656. The van der Waals surface area contributed by atoms with Crippen molar-refractivity contribution in [3.05, 3.63) is 12.2 Å². The van der Waals surface area contributed by atoms with Crippen LogP contribution in [0.15, 0.2) is 12.2 Å². The van der Waals surface area contributed by atoms with Gasteiger partial charge in [0.2, 0.25) is 0 Å². The highest BCUT2D eigenvalue weighted by molar-refractivity contribution is 5.75. The number of rotatable bonds is 1. The van der Waals surface area contributed by atoms with Crippen LogP contribution in [-0.4, -0.2) is 5.97 Å². The van der Waals surface area contributed by atoms with Gasteiger partial charge in [0, 0.05) is 6.92 Å². The van der Waals surface area contributed by atoms with E-state index in [0.29, 0.717) is 11.8 Å². The summed E-state index contributed by atoms with van der Waals surface area (Å²) in [5.74, 6) is 3.50. The molecule has 13 heavy (non-hydrogen) atoms. The number of carbonyl (C=O) groups excluding carboxylic acids is 1. The Labute approximate surface area is 78.0 Å². The molecule has 0 amide bonds. The summed E-state index contributed by atoms with van der Waals surface area (Å²) in [5.41, 5.74) is 0. The first-order chi connectivity index (χ1) is 6.31. The Morgan fingerprint density at radius 2 is 2.31 bits per heavy atom. The molecule has 0 aromatic heterocycles. The van der Waals surface area contributed by atoms with Crippen molar-refractivity contribution >= 4 is 5.97 Å². The molecular weight excluding hydrogens is 164 g/mol. The molecule has 2 rings (SSSR count). The molecule has 0 N–H and O–H groups in total. The van der Waals surface area contributed by atoms with Crippen molar-refractivity contribution in [1.29, 1.82) is 0 Å². The zero-order valence-electron chi connectivity index (χ0n) is 7.62. The van der Waals surface area contributed by atoms with Gasteiger partial charge in [-0.2, -0.15) is 0 Å². The van der Waals surface area contributed by atoms with E-state index in [9.17, 15) is 4.79 Å². The fourth-order valence-corrected chi connectivity index (χ4v) is 2.23. The Kier molecular flexibility index (Phi) is 2.10. The molecular formula is C11H12O2. The van der Waals surface area contributed by atoms with Gasteiger partial charge >= 0.3 is 5.97 Å². The molecule has 2 nitrogen and oxygen atoms in total. The lowest BCUT2D eigenvalue weighted by Crippen LogP contribution is -2.19. The zero-order chi connectivity index (χ0) is 9.26. The molecule has 0 aromatic carbocycles. The molecule has 3 unspecified atom stereocenters. The average molecular weight is 176 g/mol. The molecule has 0 aromatic rings. The number of hydrogen-bond donors (Lipinski definition) is 0. The lowest BCUT2D eigenvalue weighted by molar-refractivity contribution is -0.142. The van der Waals surface area contributed by atoms with Gasteiger partial charge in [0.05, 0.1) is 5.92 Å². The van der Waals surface area contributed by atoms with Crippen LogP contribution in [0, 0.1) is 29.8 Å². The van der Waals surface area contributed by atoms with Crippen LogP contribution in [0.3, 0.4) is 0 Å². The van der Waals surface area contributed by atoms with E-state index in [1.165, 1.54) is 0 Å². The first kappa shape index (κ1) is 8.37. The van der Waals surface area contributed by atoms with Gasteiger partial charge in [-0.1, -0.05) is 18.1 Å². The van der Waals surface area contributed by atoms with Crippen molar-refractivity contribution < 1.29 is 9.53 Å². The molecule has 1 saturated carbocycles. The third-order valence-corrected chi connectivity index (χ3v) is 2.84. The summed E-state index contributed by atoms with van der Waals surface area (Å²) in [6.07, 6.45) is 8.78. The van der Waals surface area contributed by atoms with E-state index in [-0.39, 0.29) is 11.9 Å². The highest BCUT2D eigenvalue weighted by Crippen LogP contribution is 2.43. The molecule has 1 fully saturated rings. The fourth-order valence-electron chi connectivity index (χ4n) is 2.23. The summed E-state index contributed by atoms with van der Waals surface area (Å²) in [6.45, 7) is 1.66. The van der Waals surface area contributed by atoms with E-state index in [1.807, 2.05) is 0 Å². The van der Waals surface area contributed by atoms with Crippen LogP contribution in [0.5, 0.6) is 0 Å². The van der Waals surface area contributed by atoms with Crippen molar-refractivity contribution in [2.75, 3.05) is 0 Å². The summed E-state index contributed by atoms with van der Waals surface area (Å²) < 4.78 is 4.79. The average Bonchev–Trinajstić information content (AvgIpc) is 2.74. The largest absolute Gasteiger partial charge is 0.372 e. The maximum Gasteiger partial charge on any atom is 0.323 e. The van der Waals surface area contributed by atoms with Crippen LogP contribution in [0.2, 0.25) is 0 Å². The molecule has 3 atom stereocenters. The molecule has 0 heterocycles. The van der Waals surface area contributed by atoms with E-state index in [4.69, 9.17) is 4.74 Å². The number of fused-ring (bicyclic) bond motifs is 2. The number of allylic oxidation sites excluding steroid dienone is 2. The van der Waals surface area contributed by atoms with Gasteiger partial charge in [0.25, 0.3) is 0 Å². The lowest BCUT2D eigenvalue weighted by atomic mass is 9.94. The van der Waals surface area contributed by atoms with Crippen LogP contribution in [-0.2, 0) is 9.53 Å². The van der Waals surface area contributed by atoms with Gasteiger partial charge in [-0.15, -0.1) is 0 Å². The molecule has 0 saturated heterocycles. The zero-order valence-corrected chi connectivity index (χ0v) is 7.62. The summed E-state index contributed by atoms with van der Waals surface area (Å²) >= 11 is 0. The molecule has 0 aliphatic heterocycles. The third-order valence-electron chi connectivity index (χ3n) is 2.84. The number of hydrogen-bond acceptors (Lipinski definition) is 2. The highest BCUT2D eigenvalue weighted by atomic mass is 16.5. The van der Waals surface area contributed by atoms with Crippen LogP contribution < -0.4 is 0 Å². The molecule has 68 valence electrons. The minimum Gasteiger partial charge on any atom is -0.372 e. The Balaban J connectivity index is 1.98. The standard InChI is InChI=1S/C11H12O2/c1-2-5-13-11(12)10-7-8-3-4-9(10)6-8/h3-4,8-10H,6-7H2,1H3. The Morgan fingerprint density at radius 1 is 1.46 bits per heavy atom. The molecule has 2 bridgehead atoms. The first-order valence-electron chi connectivity index (χ1n) is 4.62. The number of carbonyl (C=O) groups is 1. The van der Waals surface area contributed by atoms with Crippen LogP contribution in [0.25, 0.3) is 0 Å². The van der Waals surface area contributed by atoms with E-state index in [2.05, 4.69) is 24.2 Å². The quantitative estimate of drug-likeness (QED) is 0.345. The van der Waals surface area contributed by atoms with Crippen molar-refractivity contribution in [3.8, 4) is 12.0 Å². The molecule has 0 radical (unpaired) electrons. The van der Waals surface area contributed by atoms with Crippen molar-refractivity contribution in [2.45, 2.75) is 19.8 Å². The van der Waals surface area contributed by atoms with Crippen LogP contribution >= 0.6 is 0 Å². The number of esters is 1. The van der Waals surface area contributed by atoms with E-state index < -0.39 is 0 Å². The predicted octanol–water partition coefficient (Wildman–Crippen LogP) is 1.72. The van der Waals surface area contributed by atoms with Crippen molar-refractivity contribution in [1.82, 2.24) is 0 Å². The van der Waals surface area contributed by atoms with E-state index in [0.717, 1.165) is 12.8 Å². The minimum atomic E-state index is -0.147. The number of ether oxygens (including phenoxy) is 1. The summed E-state index contributed by atoms with van der Waals surface area (Å²) in [6, 6.07) is 0. The van der Waals surface area contributed by atoms with Gasteiger partial charge in [0.15, 0.2) is 0 Å². The topological polar surface area (TPSA) is 26.3 Å². The smallest absolute Gasteiger partial charge is 0.323 e. The fraction of sp³-hybridized carbons (Fsp3) is 0.545. The second-order valence-electron chi connectivity index (χ2n) is 3.66. The SMILES string of the molecule is CC#COC(=O)C1CC2C=CC1C2. The van der Waals surface area contributed by atoms with Gasteiger partial charge in [-0.3, -0.25) is 4.79 Å². The molecule has 0 spiro atoms. The highest BCUT2D eigenvalue weighted by Gasteiger charge is 2.40. The van der Waals surface area contributed by atoms with Crippen LogP contribution in [0.1, 0.15) is 19.8 Å². The van der Waals surface area contributed by atoms with Crippen molar-refractivity contribution in [3.63, 3.8) is 0 Å². The van der Waals surface area contributed by atoms with Crippen molar-refractivity contribution in [2.24, 2.45) is 17.8 Å². The second kappa shape index (κ2) is 3.26. The van der Waals surface area contributed by atoms with Gasteiger partial charge < -0.3 is 4.74 Å². The second-order valence-corrected chi connectivity index (χ2v) is 3.66. The summed E-state index contributed by atoms with van der Waals surface area (Å²) in [5, 5.41) is 0. The third kappa shape index (κ3) is 1.47. The van der Waals surface area contributed by atoms with Gasteiger partial charge in [0.1, 0.15) is 6.11 Å². The predicted molar refractivity (Wildman–Crippen MR) is 48.4 cm³/mol. The molecule has 2 aliphatic rings. The Hall–Kier alpha value is -1.23. The van der Waals surface area contributed by atoms with Gasteiger partial charge in [-0.25, -0.2) is 0 Å². The summed E-state index contributed by atoms with van der Waals surface area (Å²) in [7, 11) is 0. The maximum absolute atomic E-state index is 11.4. The van der Waals surface area contributed by atoms with E-state index in [1.54, 1.807) is 6.92 Å². The maximum atomic E-state index is 11.4.